The zero-order valence-corrected chi connectivity index (χ0v) is 15.8. The quantitative estimate of drug-likeness (QED) is 0.591. The second kappa shape index (κ2) is 8.14. The molecule has 1 N–H and O–H groups in total. The van der Waals surface area contributed by atoms with Crippen LogP contribution in [0.3, 0.4) is 0 Å². The summed E-state index contributed by atoms with van der Waals surface area (Å²) < 4.78 is 6.25. The topological polar surface area (TPSA) is 77.0 Å². The van der Waals surface area contributed by atoms with E-state index in [9.17, 15) is 4.79 Å². The van der Waals surface area contributed by atoms with Crippen molar-refractivity contribution in [3.05, 3.63) is 21.4 Å². The summed E-state index contributed by atoms with van der Waals surface area (Å²) in [5.74, 6) is 0.783. The Hall–Kier alpha value is -1.09. The number of halogens is 2. The zero-order valence-electron chi connectivity index (χ0n) is 12.6. The average Bonchev–Trinajstić information content (AvgIpc) is 2.93. The number of aromatic nitrogens is 3. The lowest BCUT2D eigenvalue weighted by Crippen LogP contribution is -2.20. The lowest BCUT2D eigenvalue weighted by Gasteiger charge is -2.12. The molecule has 0 bridgehead atoms. The van der Waals surface area contributed by atoms with Crippen molar-refractivity contribution in [1.82, 2.24) is 15.2 Å². The van der Waals surface area contributed by atoms with Crippen LogP contribution in [-0.4, -0.2) is 33.4 Å². The number of carbonyl (C=O) groups excluding carboxylic acids is 1. The minimum absolute atomic E-state index is 0.238. The first kappa shape index (κ1) is 18.3. The van der Waals surface area contributed by atoms with Crippen molar-refractivity contribution in [1.29, 1.82) is 0 Å². The number of pyridine rings is 1. The number of anilines is 1. The van der Waals surface area contributed by atoms with Crippen LogP contribution in [0.15, 0.2) is 4.34 Å². The van der Waals surface area contributed by atoms with Crippen LogP contribution >= 0.6 is 46.3 Å². The van der Waals surface area contributed by atoms with Gasteiger partial charge < -0.3 is 4.74 Å². The third-order valence-corrected chi connectivity index (χ3v) is 5.38. The van der Waals surface area contributed by atoms with Crippen molar-refractivity contribution in [3.63, 3.8) is 0 Å². The molecule has 0 aromatic carbocycles. The van der Waals surface area contributed by atoms with E-state index in [0.717, 1.165) is 10.1 Å². The fourth-order valence-electron chi connectivity index (χ4n) is 1.64. The molecule has 1 amide bonds. The van der Waals surface area contributed by atoms with Gasteiger partial charge in [-0.3, -0.25) is 15.1 Å². The zero-order chi connectivity index (χ0) is 17.0. The van der Waals surface area contributed by atoms with Gasteiger partial charge in [0.15, 0.2) is 16.7 Å². The Morgan fingerprint density at radius 1 is 1.26 bits per heavy atom. The molecule has 0 atom stereocenters. The van der Waals surface area contributed by atoms with Crippen molar-refractivity contribution in [2.24, 2.45) is 0 Å². The number of carbonyl (C=O) groups is 1. The van der Waals surface area contributed by atoms with Gasteiger partial charge in [-0.05, 0) is 19.6 Å². The SMILES string of the molecule is CCSc1nnc(NC(=O)COc2c(Cl)c(C)nc(C)c2Cl)s1. The Kier molecular flexibility index (Phi) is 6.46. The highest BCUT2D eigenvalue weighted by Crippen LogP contribution is 2.36. The summed E-state index contributed by atoms with van der Waals surface area (Å²) in [6.07, 6.45) is 0. The van der Waals surface area contributed by atoms with Gasteiger partial charge in [0.2, 0.25) is 5.13 Å². The van der Waals surface area contributed by atoms with Crippen LogP contribution in [0.4, 0.5) is 5.13 Å². The third kappa shape index (κ3) is 4.69. The van der Waals surface area contributed by atoms with Gasteiger partial charge in [0.1, 0.15) is 10.0 Å². The predicted octanol–water partition coefficient (Wildman–Crippen LogP) is 3.99. The fourth-order valence-corrected chi connectivity index (χ4v) is 3.73. The highest BCUT2D eigenvalue weighted by Gasteiger charge is 2.16. The summed E-state index contributed by atoms with van der Waals surface area (Å²) in [5.41, 5.74) is 1.18. The summed E-state index contributed by atoms with van der Waals surface area (Å²) in [7, 11) is 0. The van der Waals surface area contributed by atoms with Crippen LogP contribution in [0.2, 0.25) is 10.0 Å². The second-order valence-corrected chi connectivity index (χ2v) is 7.63. The highest BCUT2D eigenvalue weighted by atomic mass is 35.5. The molecule has 0 aliphatic rings. The molecule has 2 heterocycles. The Balaban J connectivity index is 1.99. The highest BCUT2D eigenvalue weighted by molar-refractivity contribution is 8.01. The van der Waals surface area contributed by atoms with Gasteiger partial charge >= 0.3 is 0 Å². The van der Waals surface area contributed by atoms with Crippen molar-refractivity contribution < 1.29 is 9.53 Å². The molecule has 0 saturated heterocycles. The van der Waals surface area contributed by atoms with Crippen LogP contribution < -0.4 is 10.1 Å². The van der Waals surface area contributed by atoms with Gasteiger partial charge in [0.05, 0.1) is 11.4 Å². The van der Waals surface area contributed by atoms with Gasteiger partial charge in [0.25, 0.3) is 5.91 Å². The van der Waals surface area contributed by atoms with Crippen molar-refractivity contribution in [2.45, 2.75) is 25.1 Å². The maximum Gasteiger partial charge on any atom is 0.264 e. The van der Waals surface area contributed by atoms with Crippen molar-refractivity contribution in [2.75, 3.05) is 17.7 Å². The molecular weight excluding hydrogens is 379 g/mol. The van der Waals surface area contributed by atoms with Crippen LogP contribution in [0, 0.1) is 13.8 Å². The Morgan fingerprint density at radius 2 is 1.91 bits per heavy atom. The first-order valence-corrected chi connectivity index (χ1v) is 9.19. The molecule has 6 nitrogen and oxygen atoms in total. The van der Waals surface area contributed by atoms with E-state index in [0.29, 0.717) is 26.6 Å². The number of ether oxygens (including phenoxy) is 1. The molecule has 0 unspecified atom stereocenters. The summed E-state index contributed by atoms with van der Waals surface area (Å²) in [5, 5.41) is 11.5. The Bertz CT molecular complexity index is 698. The summed E-state index contributed by atoms with van der Waals surface area (Å²) >= 11 is 15.1. The molecule has 23 heavy (non-hydrogen) atoms. The number of aryl methyl sites for hydroxylation is 2. The minimum Gasteiger partial charge on any atom is -0.480 e. The first-order valence-electron chi connectivity index (χ1n) is 6.63. The number of rotatable bonds is 6. The summed E-state index contributed by atoms with van der Waals surface area (Å²) in [4.78, 5) is 16.1. The molecule has 2 rings (SSSR count). The van der Waals surface area contributed by atoms with E-state index in [1.165, 1.54) is 11.3 Å². The van der Waals surface area contributed by atoms with Crippen LogP contribution in [0.5, 0.6) is 5.75 Å². The van der Waals surface area contributed by atoms with Crippen LogP contribution in [0.25, 0.3) is 0 Å². The van der Waals surface area contributed by atoms with Gasteiger partial charge in [0, 0.05) is 0 Å². The third-order valence-electron chi connectivity index (χ3n) is 2.64. The number of amides is 1. The van der Waals surface area contributed by atoms with Gasteiger partial charge in [-0.25, -0.2) is 0 Å². The average molecular weight is 393 g/mol. The van der Waals surface area contributed by atoms with E-state index in [4.69, 9.17) is 27.9 Å². The van der Waals surface area contributed by atoms with Crippen LogP contribution in [0.1, 0.15) is 18.3 Å². The van der Waals surface area contributed by atoms with E-state index in [-0.39, 0.29) is 18.3 Å². The van der Waals surface area contributed by atoms with E-state index in [1.54, 1.807) is 25.6 Å². The number of hydrogen-bond acceptors (Lipinski definition) is 7. The Labute approximate surface area is 152 Å². The van der Waals surface area contributed by atoms with Crippen molar-refractivity contribution >= 4 is 57.3 Å². The first-order chi connectivity index (χ1) is 10.9. The second-order valence-electron chi connectivity index (χ2n) is 4.38. The largest absolute Gasteiger partial charge is 0.480 e. The molecule has 2 aromatic heterocycles. The van der Waals surface area contributed by atoms with E-state index < -0.39 is 0 Å². The molecule has 0 aliphatic heterocycles. The molecular formula is C13H14Cl2N4O2S2. The monoisotopic (exact) mass is 392 g/mol. The molecule has 10 heteroatoms. The number of nitrogens with one attached hydrogen (secondary N) is 1. The van der Waals surface area contributed by atoms with E-state index in [2.05, 4.69) is 20.5 Å². The van der Waals surface area contributed by atoms with E-state index >= 15 is 0 Å². The lowest BCUT2D eigenvalue weighted by molar-refractivity contribution is -0.118. The normalized spacial score (nSPS) is 10.7. The summed E-state index contributed by atoms with van der Waals surface area (Å²) in [6, 6.07) is 0. The fraction of sp³-hybridized carbons (Fsp3) is 0.385. The number of hydrogen-bond donors (Lipinski definition) is 1. The predicted molar refractivity (Wildman–Crippen MR) is 94.2 cm³/mol. The standard InChI is InChI=1S/C13H14Cl2N4O2S2/c1-4-22-13-19-18-12(23-13)17-8(20)5-21-11-9(14)6(2)16-7(3)10(11)15/h4-5H2,1-3H3,(H,17,18,20). The molecule has 0 fully saturated rings. The lowest BCUT2D eigenvalue weighted by atomic mass is 10.3. The number of nitrogens with zero attached hydrogens (tertiary/aromatic N) is 3. The van der Waals surface area contributed by atoms with Crippen molar-refractivity contribution in [3.8, 4) is 5.75 Å². The Morgan fingerprint density at radius 3 is 2.52 bits per heavy atom. The molecule has 0 saturated carbocycles. The molecule has 0 radical (unpaired) electrons. The molecule has 2 aromatic rings. The molecule has 124 valence electrons. The van der Waals surface area contributed by atoms with Gasteiger partial charge in [-0.1, -0.05) is 53.2 Å². The smallest absolute Gasteiger partial charge is 0.264 e. The summed E-state index contributed by atoms with van der Waals surface area (Å²) in [6.45, 7) is 5.27. The molecule has 0 spiro atoms. The van der Waals surface area contributed by atoms with Gasteiger partial charge in [-0.15, -0.1) is 10.2 Å². The van der Waals surface area contributed by atoms with Gasteiger partial charge in [-0.2, -0.15) is 0 Å². The van der Waals surface area contributed by atoms with E-state index in [1.807, 2.05) is 6.92 Å². The molecule has 0 aliphatic carbocycles. The maximum absolute atomic E-state index is 11.9. The minimum atomic E-state index is -0.367. The van der Waals surface area contributed by atoms with Crippen LogP contribution in [-0.2, 0) is 4.79 Å². The number of thioether (sulfide) groups is 1. The maximum atomic E-state index is 11.9.